The first-order valence-corrected chi connectivity index (χ1v) is 8.53. The van der Waals surface area contributed by atoms with Crippen molar-refractivity contribution >= 4 is 41.1 Å². The molecule has 0 saturated heterocycles. The second-order valence-electron chi connectivity index (χ2n) is 5.16. The van der Waals surface area contributed by atoms with E-state index in [4.69, 9.17) is 27.9 Å². The van der Waals surface area contributed by atoms with E-state index >= 15 is 0 Å². The number of carbonyl (C=O) groups is 1. The van der Waals surface area contributed by atoms with Gasteiger partial charge >= 0.3 is 5.69 Å². The number of benzene rings is 1. The van der Waals surface area contributed by atoms with E-state index in [9.17, 15) is 14.4 Å². The number of halogens is 2. The molecule has 1 heterocycles. The Hall–Kier alpha value is -2.85. The molecule has 0 bridgehead atoms. The number of carbonyl (C=O) groups excluding carboxylic acids is 1. The summed E-state index contributed by atoms with van der Waals surface area (Å²) in [4.78, 5) is 35.9. The summed E-state index contributed by atoms with van der Waals surface area (Å²) in [5, 5.41) is 12.4. The van der Waals surface area contributed by atoms with Crippen molar-refractivity contribution < 1.29 is 9.53 Å². The zero-order chi connectivity index (χ0) is 19.8. The van der Waals surface area contributed by atoms with Crippen molar-refractivity contribution in [2.45, 2.75) is 13.3 Å². The lowest BCUT2D eigenvalue weighted by Gasteiger charge is -2.09. The molecule has 0 unspecified atom stereocenters. The molecule has 2 aromatic rings. The van der Waals surface area contributed by atoms with Gasteiger partial charge in [-0.2, -0.15) is 5.10 Å². The average molecular weight is 415 g/mol. The van der Waals surface area contributed by atoms with Gasteiger partial charge in [0, 0.05) is 0 Å². The molecule has 12 heteroatoms. The van der Waals surface area contributed by atoms with Crippen molar-refractivity contribution in [3.05, 3.63) is 48.6 Å². The third-order valence-corrected chi connectivity index (χ3v) is 3.56. The van der Waals surface area contributed by atoms with Crippen LogP contribution in [0.1, 0.15) is 18.9 Å². The van der Waals surface area contributed by atoms with Crippen LogP contribution in [0, 0.1) is 0 Å². The fourth-order valence-corrected chi connectivity index (χ4v) is 2.46. The Morgan fingerprint density at radius 2 is 2.04 bits per heavy atom. The second-order valence-corrected chi connectivity index (χ2v) is 5.98. The lowest BCUT2D eigenvalue weighted by molar-refractivity contribution is -0.119. The van der Waals surface area contributed by atoms with E-state index in [0.29, 0.717) is 28.0 Å². The lowest BCUT2D eigenvalue weighted by Crippen LogP contribution is -2.31. The van der Waals surface area contributed by atoms with Crippen LogP contribution in [-0.4, -0.2) is 40.5 Å². The Morgan fingerprint density at radius 1 is 1.33 bits per heavy atom. The number of hydrogen-bond acceptors (Lipinski definition) is 7. The summed E-state index contributed by atoms with van der Waals surface area (Å²) in [7, 11) is 0. The van der Waals surface area contributed by atoms with Crippen LogP contribution in [0.3, 0.4) is 0 Å². The van der Waals surface area contributed by atoms with Gasteiger partial charge in [0.1, 0.15) is 0 Å². The molecule has 0 radical (unpaired) electrons. The first kappa shape index (κ1) is 20.5. The summed E-state index contributed by atoms with van der Waals surface area (Å²) in [6.07, 6.45) is 2.17. The Balaban J connectivity index is 1.91. The maximum atomic E-state index is 11.7. The monoisotopic (exact) mass is 414 g/mol. The maximum Gasteiger partial charge on any atom is 0.342 e. The third kappa shape index (κ3) is 6.12. The maximum absolute atomic E-state index is 11.7. The van der Waals surface area contributed by atoms with Crippen LogP contribution in [0.4, 0.5) is 5.82 Å². The molecule has 0 aliphatic rings. The molecular weight excluding hydrogens is 399 g/mol. The Morgan fingerprint density at radius 3 is 2.67 bits per heavy atom. The highest BCUT2D eigenvalue weighted by Gasteiger charge is 2.09. The van der Waals surface area contributed by atoms with Crippen LogP contribution in [0.5, 0.6) is 5.75 Å². The Labute approximate surface area is 162 Å². The predicted octanol–water partition coefficient (Wildman–Crippen LogP) is 1.12. The van der Waals surface area contributed by atoms with E-state index in [0.717, 1.165) is 6.42 Å². The number of nitrogens with one attached hydrogen (secondary N) is 4. The standard InChI is InChI=1S/C15H16Cl2N6O4/c1-2-3-27-12-9(16)4-8(5-10(12)17)6-19-21-11(24)7-18-13-14(25)20-15(26)23-22-13/h4-6H,2-3,7H2,1H3,(H,18,22)(H,21,24)(H2,20,23,25,26)/b19-6+. The first-order chi connectivity index (χ1) is 12.9. The number of nitrogens with zero attached hydrogens (tertiary/aromatic N) is 2. The molecule has 0 aliphatic carbocycles. The number of rotatable bonds is 8. The lowest BCUT2D eigenvalue weighted by atomic mass is 10.2. The fourth-order valence-electron chi connectivity index (χ4n) is 1.85. The van der Waals surface area contributed by atoms with Crippen LogP contribution < -0.4 is 26.7 Å². The number of hydrazone groups is 1. The number of aromatic amines is 2. The molecule has 1 aromatic heterocycles. The van der Waals surface area contributed by atoms with Gasteiger partial charge in [-0.3, -0.25) is 14.6 Å². The van der Waals surface area contributed by atoms with Crippen LogP contribution in [0.15, 0.2) is 26.8 Å². The molecule has 144 valence electrons. The number of aromatic nitrogens is 3. The van der Waals surface area contributed by atoms with E-state index in [1.54, 1.807) is 12.1 Å². The van der Waals surface area contributed by atoms with Crippen molar-refractivity contribution in [3.8, 4) is 5.75 Å². The van der Waals surface area contributed by atoms with Crippen LogP contribution in [0.2, 0.25) is 10.0 Å². The fraction of sp³-hybridized carbons (Fsp3) is 0.267. The molecule has 0 fully saturated rings. The molecule has 0 spiro atoms. The summed E-state index contributed by atoms with van der Waals surface area (Å²) in [6.45, 7) is 2.16. The largest absolute Gasteiger partial charge is 0.490 e. The smallest absolute Gasteiger partial charge is 0.342 e. The highest BCUT2D eigenvalue weighted by atomic mass is 35.5. The minimum absolute atomic E-state index is 0.199. The number of hydrogen-bond donors (Lipinski definition) is 4. The first-order valence-electron chi connectivity index (χ1n) is 7.77. The molecular formula is C15H16Cl2N6O4. The molecule has 27 heavy (non-hydrogen) atoms. The normalized spacial score (nSPS) is 10.8. The van der Waals surface area contributed by atoms with E-state index in [1.807, 2.05) is 17.0 Å². The van der Waals surface area contributed by atoms with Gasteiger partial charge in [-0.15, -0.1) is 5.10 Å². The van der Waals surface area contributed by atoms with Gasteiger partial charge in [0.05, 0.1) is 29.4 Å². The van der Waals surface area contributed by atoms with Gasteiger partial charge in [0.15, 0.2) is 5.75 Å². The molecule has 0 aliphatic heterocycles. The summed E-state index contributed by atoms with van der Waals surface area (Å²) in [5.41, 5.74) is 1.32. The van der Waals surface area contributed by atoms with E-state index in [2.05, 4.69) is 20.9 Å². The average Bonchev–Trinajstić information content (AvgIpc) is 2.60. The number of ether oxygens (including phenoxy) is 1. The Bertz CT molecular complexity index is 933. The quantitative estimate of drug-likeness (QED) is 0.376. The summed E-state index contributed by atoms with van der Waals surface area (Å²) in [5.74, 6) is -0.349. The Kier molecular flexibility index (Phi) is 7.38. The highest BCUT2D eigenvalue weighted by molar-refractivity contribution is 6.37. The molecule has 1 amide bonds. The van der Waals surface area contributed by atoms with Crippen molar-refractivity contribution in [2.24, 2.45) is 5.10 Å². The molecule has 1 aromatic carbocycles. The minimum Gasteiger partial charge on any atom is -0.490 e. The number of H-pyrrole nitrogens is 2. The second kappa shape index (κ2) is 9.74. The number of amides is 1. The van der Waals surface area contributed by atoms with E-state index in [-0.39, 0.29) is 12.4 Å². The van der Waals surface area contributed by atoms with Crippen molar-refractivity contribution in [2.75, 3.05) is 18.5 Å². The molecule has 0 atom stereocenters. The van der Waals surface area contributed by atoms with E-state index in [1.165, 1.54) is 6.21 Å². The molecule has 0 saturated carbocycles. The zero-order valence-corrected chi connectivity index (χ0v) is 15.6. The SMILES string of the molecule is CCCOc1c(Cl)cc(/C=N/NC(=O)CNc2n[nH]c(=O)[nH]c2=O)cc1Cl. The van der Waals surface area contributed by atoms with Crippen LogP contribution in [0.25, 0.3) is 0 Å². The number of anilines is 1. The van der Waals surface area contributed by atoms with Gasteiger partial charge < -0.3 is 10.1 Å². The van der Waals surface area contributed by atoms with Crippen LogP contribution >= 0.6 is 23.2 Å². The third-order valence-electron chi connectivity index (χ3n) is 3.00. The van der Waals surface area contributed by atoms with Crippen molar-refractivity contribution in [3.63, 3.8) is 0 Å². The summed E-state index contributed by atoms with van der Waals surface area (Å²) >= 11 is 12.2. The molecule has 2 rings (SSSR count). The van der Waals surface area contributed by atoms with Gasteiger partial charge in [-0.05, 0) is 24.1 Å². The van der Waals surface area contributed by atoms with E-state index < -0.39 is 17.2 Å². The summed E-state index contributed by atoms with van der Waals surface area (Å²) < 4.78 is 5.46. The highest BCUT2D eigenvalue weighted by Crippen LogP contribution is 2.33. The van der Waals surface area contributed by atoms with Gasteiger partial charge in [-0.25, -0.2) is 15.3 Å². The molecule has 4 N–H and O–H groups in total. The minimum atomic E-state index is -0.747. The summed E-state index contributed by atoms with van der Waals surface area (Å²) in [6, 6.07) is 3.19. The van der Waals surface area contributed by atoms with Crippen molar-refractivity contribution in [1.82, 2.24) is 20.6 Å². The zero-order valence-electron chi connectivity index (χ0n) is 14.1. The van der Waals surface area contributed by atoms with Crippen molar-refractivity contribution in [1.29, 1.82) is 0 Å². The van der Waals surface area contributed by atoms with Gasteiger partial charge in [-0.1, -0.05) is 30.1 Å². The molecule has 10 nitrogen and oxygen atoms in total. The van der Waals surface area contributed by atoms with Crippen LogP contribution in [-0.2, 0) is 4.79 Å². The predicted molar refractivity (Wildman–Crippen MR) is 102 cm³/mol. The topological polar surface area (TPSA) is 141 Å². The van der Waals surface area contributed by atoms with Gasteiger partial charge in [0.2, 0.25) is 5.82 Å². The van der Waals surface area contributed by atoms with Gasteiger partial charge in [0.25, 0.3) is 11.5 Å².